The van der Waals surface area contributed by atoms with Crippen molar-refractivity contribution in [1.82, 2.24) is 4.98 Å². The van der Waals surface area contributed by atoms with E-state index in [2.05, 4.69) is 9.72 Å². The van der Waals surface area contributed by atoms with Crippen molar-refractivity contribution in [3.8, 4) is 5.88 Å². The van der Waals surface area contributed by atoms with Crippen molar-refractivity contribution < 1.29 is 23.4 Å². The van der Waals surface area contributed by atoms with Crippen LogP contribution in [0.15, 0.2) is 6.20 Å². The highest BCUT2D eigenvalue weighted by atomic mass is 35.5. The molecule has 82 valence electrons. The molecule has 0 spiro atoms. The molecule has 1 rings (SSSR count). The number of aromatic nitrogens is 1. The zero-order chi connectivity index (χ0) is 11.6. The molecule has 0 amide bonds. The van der Waals surface area contributed by atoms with E-state index in [1.807, 2.05) is 0 Å². The summed E-state index contributed by atoms with van der Waals surface area (Å²) in [6.07, 6.45) is -2.06. The van der Waals surface area contributed by atoms with Crippen LogP contribution < -0.4 is 4.74 Å². The molecule has 0 aromatic carbocycles. The number of nitrogens with zero attached hydrogens (tertiary/aromatic N) is 1. The summed E-state index contributed by atoms with van der Waals surface area (Å²) in [5.74, 6) is -1.98. The minimum absolute atomic E-state index is 0.349. The quantitative estimate of drug-likeness (QED) is 0.877. The van der Waals surface area contributed by atoms with Crippen molar-refractivity contribution in [2.24, 2.45) is 0 Å². The van der Waals surface area contributed by atoms with Crippen molar-refractivity contribution >= 4 is 17.6 Å². The summed E-state index contributed by atoms with van der Waals surface area (Å²) >= 11 is 5.47. The summed E-state index contributed by atoms with van der Waals surface area (Å²) < 4.78 is 29.7. The van der Waals surface area contributed by atoms with Crippen molar-refractivity contribution in [1.29, 1.82) is 0 Å². The van der Waals surface area contributed by atoms with Crippen molar-refractivity contribution in [3.63, 3.8) is 0 Å². The van der Waals surface area contributed by atoms with E-state index in [-0.39, 0.29) is 5.02 Å². The van der Waals surface area contributed by atoms with Crippen LogP contribution in [-0.4, -0.2) is 23.2 Å². The molecule has 15 heavy (non-hydrogen) atoms. The van der Waals surface area contributed by atoms with Gasteiger partial charge in [0.15, 0.2) is 0 Å². The summed E-state index contributed by atoms with van der Waals surface area (Å²) in [7, 11) is 1.12. The maximum Gasteiger partial charge on any atom is 0.337 e. The van der Waals surface area contributed by atoms with Crippen LogP contribution in [0.1, 0.15) is 22.3 Å². The van der Waals surface area contributed by atoms with Crippen molar-refractivity contribution in [2.75, 3.05) is 7.11 Å². The number of carbonyl (C=O) groups is 1. The van der Waals surface area contributed by atoms with E-state index in [0.29, 0.717) is 0 Å². The summed E-state index contributed by atoms with van der Waals surface area (Å²) in [6.45, 7) is 0. The monoisotopic (exact) mass is 237 g/mol. The predicted molar refractivity (Wildman–Crippen MR) is 47.7 cm³/mol. The third-order valence-corrected chi connectivity index (χ3v) is 1.95. The van der Waals surface area contributed by atoms with Gasteiger partial charge in [-0.25, -0.2) is 18.6 Å². The number of alkyl halides is 2. The van der Waals surface area contributed by atoms with Gasteiger partial charge in [0.2, 0.25) is 5.88 Å². The van der Waals surface area contributed by atoms with E-state index in [1.54, 1.807) is 0 Å². The second-order valence-electron chi connectivity index (χ2n) is 2.51. The van der Waals surface area contributed by atoms with Gasteiger partial charge in [-0.15, -0.1) is 0 Å². The Bertz CT molecular complexity index is 398. The highest BCUT2D eigenvalue weighted by molar-refractivity contribution is 6.33. The lowest BCUT2D eigenvalue weighted by Gasteiger charge is -2.10. The number of hydrogen-bond acceptors (Lipinski definition) is 3. The van der Waals surface area contributed by atoms with Gasteiger partial charge in [0.25, 0.3) is 6.43 Å². The van der Waals surface area contributed by atoms with E-state index in [1.165, 1.54) is 0 Å². The van der Waals surface area contributed by atoms with Gasteiger partial charge in [0.1, 0.15) is 0 Å². The molecule has 0 unspecified atom stereocenters. The van der Waals surface area contributed by atoms with Crippen LogP contribution in [0.3, 0.4) is 0 Å². The van der Waals surface area contributed by atoms with Gasteiger partial charge >= 0.3 is 5.97 Å². The number of carboxylic acids is 1. The lowest BCUT2D eigenvalue weighted by atomic mass is 10.1. The van der Waals surface area contributed by atoms with Gasteiger partial charge in [-0.1, -0.05) is 11.6 Å². The first-order valence-electron chi connectivity index (χ1n) is 3.72. The van der Waals surface area contributed by atoms with E-state index >= 15 is 0 Å². The van der Waals surface area contributed by atoms with Crippen LogP contribution in [0.4, 0.5) is 8.78 Å². The molecule has 0 bridgehead atoms. The number of pyridine rings is 1. The molecule has 0 aliphatic rings. The Hall–Kier alpha value is -1.43. The molecule has 0 atom stereocenters. The molecular weight excluding hydrogens is 232 g/mol. The van der Waals surface area contributed by atoms with Crippen LogP contribution >= 0.6 is 11.6 Å². The maximum atomic E-state index is 12.6. The normalized spacial score (nSPS) is 10.5. The molecule has 1 heterocycles. The van der Waals surface area contributed by atoms with Gasteiger partial charge in [0, 0.05) is 0 Å². The number of carboxylic acid groups (broad SMARTS) is 1. The third kappa shape index (κ3) is 2.15. The average molecular weight is 238 g/mol. The highest BCUT2D eigenvalue weighted by Gasteiger charge is 2.26. The zero-order valence-electron chi connectivity index (χ0n) is 7.50. The lowest BCUT2D eigenvalue weighted by molar-refractivity contribution is 0.0682. The topological polar surface area (TPSA) is 59.4 Å². The second kappa shape index (κ2) is 4.39. The number of halogens is 3. The number of hydrogen-bond donors (Lipinski definition) is 1. The van der Waals surface area contributed by atoms with E-state index in [9.17, 15) is 13.6 Å². The predicted octanol–water partition coefficient (Wildman–Crippen LogP) is 2.38. The van der Waals surface area contributed by atoms with E-state index in [0.717, 1.165) is 13.3 Å². The smallest absolute Gasteiger partial charge is 0.337 e. The minimum Gasteiger partial charge on any atom is -0.481 e. The Morgan fingerprint density at radius 2 is 2.27 bits per heavy atom. The fraction of sp³-hybridized carbons (Fsp3) is 0.250. The Labute approximate surface area is 88.4 Å². The van der Waals surface area contributed by atoms with Gasteiger partial charge in [-0.05, 0) is 0 Å². The third-order valence-electron chi connectivity index (χ3n) is 1.66. The highest BCUT2D eigenvalue weighted by Crippen LogP contribution is 2.34. The molecule has 1 N–H and O–H groups in total. The van der Waals surface area contributed by atoms with Gasteiger partial charge < -0.3 is 9.84 Å². The number of methoxy groups -OCH3 is 1. The van der Waals surface area contributed by atoms with Crippen LogP contribution in [0.25, 0.3) is 0 Å². The molecule has 0 saturated carbocycles. The second-order valence-corrected chi connectivity index (χ2v) is 2.92. The van der Waals surface area contributed by atoms with E-state index in [4.69, 9.17) is 16.7 Å². The lowest BCUT2D eigenvalue weighted by Crippen LogP contribution is -2.07. The molecule has 1 aromatic heterocycles. The van der Waals surface area contributed by atoms with Gasteiger partial charge in [-0.2, -0.15) is 0 Å². The van der Waals surface area contributed by atoms with Crippen LogP contribution in [0.5, 0.6) is 5.88 Å². The molecule has 1 aromatic rings. The molecular formula is C8H6ClF2NO3. The van der Waals surface area contributed by atoms with Crippen LogP contribution in [0.2, 0.25) is 5.02 Å². The van der Waals surface area contributed by atoms with Crippen molar-refractivity contribution in [3.05, 3.63) is 22.3 Å². The molecule has 0 aliphatic carbocycles. The van der Waals surface area contributed by atoms with E-state index < -0.39 is 29.4 Å². The summed E-state index contributed by atoms with van der Waals surface area (Å²) in [5, 5.41) is 8.37. The Kier molecular flexibility index (Phi) is 3.41. The largest absolute Gasteiger partial charge is 0.481 e. The minimum atomic E-state index is -3.02. The fourth-order valence-electron chi connectivity index (χ4n) is 1.07. The zero-order valence-corrected chi connectivity index (χ0v) is 8.26. The van der Waals surface area contributed by atoms with Gasteiger partial charge in [-0.3, -0.25) is 0 Å². The summed E-state index contributed by atoms with van der Waals surface area (Å²) in [4.78, 5) is 14.2. The molecule has 0 radical (unpaired) electrons. The summed E-state index contributed by atoms with van der Waals surface area (Å²) in [6, 6.07) is 0. The first kappa shape index (κ1) is 11.6. The Morgan fingerprint density at radius 3 is 2.67 bits per heavy atom. The molecule has 7 heteroatoms. The Balaban J connectivity index is 3.51. The number of rotatable bonds is 3. The molecule has 0 fully saturated rings. The molecule has 4 nitrogen and oxygen atoms in total. The molecule has 0 saturated heterocycles. The number of ether oxygens (including phenoxy) is 1. The maximum absolute atomic E-state index is 12.6. The fourth-order valence-corrected chi connectivity index (χ4v) is 1.30. The molecule has 0 aliphatic heterocycles. The number of aromatic carboxylic acids is 1. The van der Waals surface area contributed by atoms with Crippen LogP contribution in [0, 0.1) is 0 Å². The van der Waals surface area contributed by atoms with Crippen molar-refractivity contribution in [2.45, 2.75) is 6.43 Å². The SMILES string of the molecule is COc1ncc(Cl)c(C(=O)O)c1C(F)F. The average Bonchev–Trinajstić information content (AvgIpc) is 2.16. The van der Waals surface area contributed by atoms with Crippen LogP contribution in [-0.2, 0) is 0 Å². The Morgan fingerprint density at radius 1 is 1.67 bits per heavy atom. The standard InChI is InChI=1S/C8H6ClF2NO3/c1-15-7-5(6(10)11)4(8(13)14)3(9)2-12-7/h2,6H,1H3,(H,13,14). The first-order valence-corrected chi connectivity index (χ1v) is 4.10. The van der Waals surface area contributed by atoms with Gasteiger partial charge in [0.05, 0.1) is 29.5 Å². The first-order chi connectivity index (χ1) is 6.99. The summed E-state index contributed by atoms with van der Waals surface area (Å²) in [5.41, 5.74) is -1.49.